The number of amides is 1. The summed E-state index contributed by atoms with van der Waals surface area (Å²) < 4.78 is 0. The fourth-order valence-electron chi connectivity index (χ4n) is 2.29. The number of aromatic carboxylic acids is 1. The van der Waals surface area contributed by atoms with Gasteiger partial charge in [-0.3, -0.25) is 4.79 Å². The molecule has 19 heavy (non-hydrogen) atoms. The van der Waals surface area contributed by atoms with E-state index < -0.39 is 5.97 Å². The first kappa shape index (κ1) is 13.7. The maximum Gasteiger partial charge on any atom is 0.337 e. The molecule has 1 unspecified atom stereocenters. The zero-order chi connectivity index (χ0) is 14.0. The van der Waals surface area contributed by atoms with E-state index in [-0.39, 0.29) is 22.5 Å². The molecule has 2 rings (SSSR count). The fourth-order valence-corrected chi connectivity index (χ4v) is 2.54. The minimum atomic E-state index is -1.06. The van der Waals surface area contributed by atoms with Crippen LogP contribution in [-0.4, -0.2) is 36.1 Å². The van der Waals surface area contributed by atoms with Gasteiger partial charge < -0.3 is 15.3 Å². The Hall–Kier alpha value is -1.75. The molecule has 102 valence electrons. The summed E-state index contributed by atoms with van der Waals surface area (Å²) in [5, 5.41) is 12.0. The SMILES string of the molecule is CCC1C(=O)NCCN1c1ccc(C(=O)O)c(Cl)c1. The van der Waals surface area contributed by atoms with E-state index in [1.54, 1.807) is 12.1 Å². The predicted octanol–water partition coefficient (Wildman–Crippen LogP) is 1.75. The lowest BCUT2D eigenvalue weighted by molar-refractivity contribution is -0.123. The minimum absolute atomic E-state index is 0.00724. The number of carboxylic acids is 1. The number of carboxylic acid groups (broad SMARTS) is 1. The maximum atomic E-state index is 11.8. The molecule has 1 fully saturated rings. The van der Waals surface area contributed by atoms with Crippen LogP contribution in [0.1, 0.15) is 23.7 Å². The van der Waals surface area contributed by atoms with Gasteiger partial charge in [0, 0.05) is 18.8 Å². The average Bonchev–Trinajstić information content (AvgIpc) is 2.37. The highest BCUT2D eigenvalue weighted by atomic mass is 35.5. The highest BCUT2D eigenvalue weighted by molar-refractivity contribution is 6.33. The molecule has 0 aliphatic carbocycles. The van der Waals surface area contributed by atoms with E-state index >= 15 is 0 Å². The molecule has 2 N–H and O–H groups in total. The summed E-state index contributed by atoms with van der Waals surface area (Å²) in [5.74, 6) is -1.06. The van der Waals surface area contributed by atoms with Gasteiger partial charge in [0.25, 0.3) is 0 Å². The molecule has 1 aromatic rings. The first-order chi connectivity index (χ1) is 9.04. The van der Waals surface area contributed by atoms with E-state index in [1.165, 1.54) is 6.07 Å². The molecule has 6 heteroatoms. The largest absolute Gasteiger partial charge is 0.478 e. The van der Waals surface area contributed by atoms with Gasteiger partial charge in [0.2, 0.25) is 5.91 Å². The topological polar surface area (TPSA) is 69.6 Å². The van der Waals surface area contributed by atoms with Crippen molar-refractivity contribution in [3.63, 3.8) is 0 Å². The van der Waals surface area contributed by atoms with Crippen molar-refractivity contribution in [3.05, 3.63) is 28.8 Å². The van der Waals surface area contributed by atoms with E-state index in [0.29, 0.717) is 19.5 Å². The van der Waals surface area contributed by atoms with Crippen LogP contribution in [0.25, 0.3) is 0 Å². The van der Waals surface area contributed by atoms with Crippen molar-refractivity contribution in [2.24, 2.45) is 0 Å². The molecule has 1 aliphatic rings. The summed E-state index contributed by atoms with van der Waals surface area (Å²) in [7, 11) is 0. The summed E-state index contributed by atoms with van der Waals surface area (Å²) in [5.41, 5.74) is 0.844. The van der Waals surface area contributed by atoms with E-state index in [4.69, 9.17) is 16.7 Å². The van der Waals surface area contributed by atoms with Crippen molar-refractivity contribution < 1.29 is 14.7 Å². The predicted molar refractivity (Wildman–Crippen MR) is 72.8 cm³/mol. The molecule has 0 radical (unpaired) electrons. The van der Waals surface area contributed by atoms with Crippen molar-refractivity contribution in [1.82, 2.24) is 5.32 Å². The third kappa shape index (κ3) is 2.66. The monoisotopic (exact) mass is 282 g/mol. The Morgan fingerprint density at radius 1 is 1.58 bits per heavy atom. The number of piperazine rings is 1. The van der Waals surface area contributed by atoms with Crippen LogP contribution < -0.4 is 10.2 Å². The Morgan fingerprint density at radius 2 is 2.32 bits per heavy atom. The van der Waals surface area contributed by atoms with Gasteiger partial charge in [-0.05, 0) is 24.6 Å². The van der Waals surface area contributed by atoms with Gasteiger partial charge in [-0.1, -0.05) is 18.5 Å². The molecule has 5 nitrogen and oxygen atoms in total. The number of hydrogen-bond acceptors (Lipinski definition) is 3. The van der Waals surface area contributed by atoms with Crippen LogP contribution in [0.4, 0.5) is 5.69 Å². The Kier molecular flexibility index (Phi) is 3.95. The summed E-state index contributed by atoms with van der Waals surface area (Å²) in [6.07, 6.45) is 0.685. The van der Waals surface area contributed by atoms with E-state index in [9.17, 15) is 9.59 Å². The molecule has 1 aliphatic heterocycles. The average molecular weight is 283 g/mol. The van der Waals surface area contributed by atoms with E-state index in [0.717, 1.165) is 5.69 Å². The molecule has 0 saturated carbocycles. The van der Waals surface area contributed by atoms with Gasteiger partial charge in [-0.15, -0.1) is 0 Å². The van der Waals surface area contributed by atoms with Crippen molar-refractivity contribution in [3.8, 4) is 0 Å². The Bertz CT molecular complexity index is 519. The third-order valence-corrected chi connectivity index (χ3v) is 3.54. The van der Waals surface area contributed by atoms with Crippen molar-refractivity contribution in [1.29, 1.82) is 0 Å². The summed E-state index contributed by atoms with van der Waals surface area (Å²) >= 11 is 5.96. The number of halogens is 1. The second-order valence-electron chi connectivity index (χ2n) is 4.38. The van der Waals surface area contributed by atoms with Crippen molar-refractivity contribution >= 4 is 29.2 Å². The smallest absolute Gasteiger partial charge is 0.337 e. The Balaban J connectivity index is 2.33. The third-order valence-electron chi connectivity index (χ3n) is 3.23. The van der Waals surface area contributed by atoms with Crippen LogP contribution in [-0.2, 0) is 4.79 Å². The van der Waals surface area contributed by atoms with Gasteiger partial charge in [-0.25, -0.2) is 4.79 Å². The number of benzene rings is 1. The van der Waals surface area contributed by atoms with E-state index in [2.05, 4.69) is 5.32 Å². The number of carbonyl (C=O) groups excluding carboxylic acids is 1. The quantitative estimate of drug-likeness (QED) is 0.886. The number of rotatable bonds is 3. The molecule has 1 heterocycles. The van der Waals surface area contributed by atoms with Gasteiger partial charge >= 0.3 is 5.97 Å². The molecule has 1 atom stereocenters. The van der Waals surface area contributed by atoms with Crippen LogP contribution in [0.2, 0.25) is 5.02 Å². The van der Waals surface area contributed by atoms with E-state index in [1.807, 2.05) is 11.8 Å². The number of nitrogens with zero attached hydrogens (tertiary/aromatic N) is 1. The van der Waals surface area contributed by atoms with Crippen LogP contribution in [0.5, 0.6) is 0 Å². The summed E-state index contributed by atoms with van der Waals surface area (Å²) in [6.45, 7) is 3.20. The van der Waals surface area contributed by atoms with Gasteiger partial charge in [0.15, 0.2) is 0 Å². The number of carbonyl (C=O) groups is 2. The van der Waals surface area contributed by atoms with Crippen molar-refractivity contribution in [2.45, 2.75) is 19.4 Å². The number of hydrogen-bond donors (Lipinski definition) is 2. The maximum absolute atomic E-state index is 11.8. The Labute approximate surface area is 116 Å². The molecule has 0 bridgehead atoms. The second-order valence-corrected chi connectivity index (χ2v) is 4.78. The zero-order valence-electron chi connectivity index (χ0n) is 10.5. The standard InChI is InChI=1S/C13H15ClN2O3/c1-2-11-12(17)15-5-6-16(11)8-3-4-9(13(18)19)10(14)7-8/h3-4,7,11H,2,5-6H2,1H3,(H,15,17)(H,18,19). The van der Waals surface area contributed by atoms with Crippen LogP contribution >= 0.6 is 11.6 Å². The van der Waals surface area contributed by atoms with Crippen LogP contribution in [0, 0.1) is 0 Å². The summed E-state index contributed by atoms with van der Waals surface area (Å²) in [6, 6.07) is 4.53. The second kappa shape index (κ2) is 5.48. The molecular weight excluding hydrogens is 268 g/mol. The van der Waals surface area contributed by atoms with Crippen LogP contribution in [0.3, 0.4) is 0 Å². The highest BCUT2D eigenvalue weighted by Gasteiger charge is 2.28. The first-order valence-electron chi connectivity index (χ1n) is 6.11. The van der Waals surface area contributed by atoms with Crippen molar-refractivity contribution in [2.75, 3.05) is 18.0 Å². The first-order valence-corrected chi connectivity index (χ1v) is 6.49. The normalized spacial score (nSPS) is 19.2. The number of nitrogens with one attached hydrogen (secondary N) is 1. The molecular formula is C13H15ClN2O3. The lowest BCUT2D eigenvalue weighted by atomic mass is 10.1. The molecule has 1 amide bonds. The van der Waals surface area contributed by atoms with Crippen LogP contribution in [0.15, 0.2) is 18.2 Å². The molecule has 0 spiro atoms. The molecule has 1 aromatic carbocycles. The molecule has 0 aromatic heterocycles. The minimum Gasteiger partial charge on any atom is -0.478 e. The van der Waals surface area contributed by atoms with Gasteiger partial charge in [0.1, 0.15) is 6.04 Å². The van der Waals surface area contributed by atoms with Gasteiger partial charge in [0.05, 0.1) is 10.6 Å². The number of anilines is 1. The fraction of sp³-hybridized carbons (Fsp3) is 0.385. The van der Waals surface area contributed by atoms with Gasteiger partial charge in [-0.2, -0.15) is 0 Å². The lowest BCUT2D eigenvalue weighted by Crippen LogP contribution is -2.55. The zero-order valence-corrected chi connectivity index (χ0v) is 11.3. The molecule has 1 saturated heterocycles. The summed E-state index contributed by atoms with van der Waals surface area (Å²) in [4.78, 5) is 24.7. The lowest BCUT2D eigenvalue weighted by Gasteiger charge is -2.36. The Morgan fingerprint density at radius 3 is 2.89 bits per heavy atom. The highest BCUT2D eigenvalue weighted by Crippen LogP contribution is 2.26.